The third-order valence-corrected chi connectivity index (χ3v) is 5.37. The van der Waals surface area contributed by atoms with E-state index in [9.17, 15) is 13.2 Å². The molecule has 3 heterocycles. The molecule has 11 heteroatoms. The first-order valence-corrected chi connectivity index (χ1v) is 10.0. The van der Waals surface area contributed by atoms with Gasteiger partial charge in [0.1, 0.15) is 0 Å². The number of rotatable bonds is 3. The fourth-order valence-electron chi connectivity index (χ4n) is 3.38. The molecule has 0 amide bonds. The van der Waals surface area contributed by atoms with Crippen molar-refractivity contribution in [2.24, 2.45) is 0 Å². The third-order valence-electron chi connectivity index (χ3n) is 5.12. The Morgan fingerprint density at radius 1 is 1.00 bits per heavy atom. The second kappa shape index (κ2) is 7.59. The smallest absolute Gasteiger partial charge is 0.398 e. The minimum absolute atomic E-state index is 0.0235. The highest BCUT2D eigenvalue weighted by Crippen LogP contribution is 2.34. The molecule has 0 saturated heterocycles. The van der Waals surface area contributed by atoms with Crippen LogP contribution in [0, 0.1) is 6.92 Å². The standard InChI is InChI=1S/C22H14ClF3N6O/c1-11-14(3-2-4-15(11)27)20-29-21(33-31-20)17-10-19-28-16(12-5-7-13(23)8-6-12)9-18(22(24,25)26)32(19)30-17/h2-10H,27H2,1H3. The number of benzene rings is 2. The molecule has 166 valence electrons. The van der Waals surface area contributed by atoms with Gasteiger partial charge in [-0.15, -0.1) is 0 Å². The number of nitrogen functional groups attached to an aromatic ring is 1. The van der Waals surface area contributed by atoms with Crippen LogP contribution in [0.1, 0.15) is 11.3 Å². The average molecular weight is 471 g/mol. The van der Waals surface area contributed by atoms with Crippen LogP contribution in [0.4, 0.5) is 18.9 Å². The molecule has 5 aromatic rings. The van der Waals surface area contributed by atoms with E-state index in [1.54, 1.807) is 42.5 Å². The molecule has 0 fully saturated rings. The van der Waals surface area contributed by atoms with E-state index in [1.807, 2.05) is 6.92 Å². The highest BCUT2D eigenvalue weighted by molar-refractivity contribution is 6.30. The number of anilines is 1. The summed E-state index contributed by atoms with van der Waals surface area (Å²) in [5, 5.41) is 8.43. The van der Waals surface area contributed by atoms with Crippen molar-refractivity contribution >= 4 is 22.9 Å². The Hall–Kier alpha value is -3.92. The Bertz CT molecular complexity index is 1490. The number of aromatic nitrogens is 5. The summed E-state index contributed by atoms with van der Waals surface area (Å²) in [4.78, 5) is 8.63. The van der Waals surface area contributed by atoms with E-state index in [1.165, 1.54) is 6.07 Å². The summed E-state index contributed by atoms with van der Waals surface area (Å²) in [6.45, 7) is 1.81. The lowest BCUT2D eigenvalue weighted by atomic mass is 10.1. The molecular weight excluding hydrogens is 457 g/mol. The van der Waals surface area contributed by atoms with E-state index in [-0.39, 0.29) is 28.8 Å². The molecule has 0 aliphatic heterocycles. The highest BCUT2D eigenvalue weighted by Gasteiger charge is 2.35. The van der Waals surface area contributed by atoms with Gasteiger partial charge in [0.25, 0.3) is 5.89 Å². The Morgan fingerprint density at radius 3 is 2.48 bits per heavy atom. The fourth-order valence-corrected chi connectivity index (χ4v) is 3.51. The van der Waals surface area contributed by atoms with Crippen LogP contribution < -0.4 is 5.73 Å². The lowest BCUT2D eigenvalue weighted by Gasteiger charge is -2.11. The molecular formula is C22H14ClF3N6O. The van der Waals surface area contributed by atoms with Crippen molar-refractivity contribution in [3.05, 3.63) is 70.9 Å². The van der Waals surface area contributed by atoms with Crippen LogP contribution in [0.25, 0.3) is 39.9 Å². The maximum absolute atomic E-state index is 13.8. The maximum atomic E-state index is 13.8. The van der Waals surface area contributed by atoms with Crippen molar-refractivity contribution in [2.45, 2.75) is 13.1 Å². The van der Waals surface area contributed by atoms with Crippen LogP contribution in [0.5, 0.6) is 0 Å². The number of hydrogen-bond acceptors (Lipinski definition) is 6. The van der Waals surface area contributed by atoms with Gasteiger partial charge in [0.15, 0.2) is 17.0 Å². The van der Waals surface area contributed by atoms with Gasteiger partial charge in [0.2, 0.25) is 5.82 Å². The van der Waals surface area contributed by atoms with E-state index < -0.39 is 11.9 Å². The van der Waals surface area contributed by atoms with Crippen molar-refractivity contribution in [3.63, 3.8) is 0 Å². The van der Waals surface area contributed by atoms with Crippen LogP contribution >= 0.6 is 11.6 Å². The molecule has 0 aliphatic carbocycles. The van der Waals surface area contributed by atoms with Crippen molar-refractivity contribution < 1.29 is 17.7 Å². The molecule has 0 atom stereocenters. The van der Waals surface area contributed by atoms with Crippen LogP contribution in [0.2, 0.25) is 5.02 Å². The number of hydrogen-bond donors (Lipinski definition) is 1. The SMILES string of the molecule is Cc1c(N)cccc1-c1noc(-c2cc3nc(-c4ccc(Cl)cc4)cc(C(F)(F)F)n3n2)n1. The van der Waals surface area contributed by atoms with Gasteiger partial charge in [-0.25, -0.2) is 9.50 Å². The topological polar surface area (TPSA) is 95.1 Å². The predicted molar refractivity (Wildman–Crippen MR) is 116 cm³/mol. The first kappa shape index (κ1) is 21.0. The van der Waals surface area contributed by atoms with E-state index in [4.69, 9.17) is 21.9 Å². The average Bonchev–Trinajstić information content (AvgIpc) is 3.42. The van der Waals surface area contributed by atoms with Crippen LogP contribution in [0.3, 0.4) is 0 Å². The van der Waals surface area contributed by atoms with Gasteiger partial charge >= 0.3 is 6.18 Å². The van der Waals surface area contributed by atoms with Crippen LogP contribution in [-0.2, 0) is 6.18 Å². The molecule has 2 N–H and O–H groups in total. The van der Waals surface area contributed by atoms with E-state index >= 15 is 0 Å². The van der Waals surface area contributed by atoms with E-state index in [2.05, 4.69) is 20.2 Å². The fraction of sp³-hybridized carbons (Fsp3) is 0.0909. The molecule has 0 unspecified atom stereocenters. The summed E-state index contributed by atoms with van der Waals surface area (Å²) in [6, 6.07) is 13.9. The highest BCUT2D eigenvalue weighted by atomic mass is 35.5. The van der Waals surface area contributed by atoms with Gasteiger partial charge in [0.05, 0.1) is 5.69 Å². The summed E-state index contributed by atoms with van der Waals surface area (Å²) in [7, 11) is 0. The Labute approximate surface area is 189 Å². The van der Waals surface area contributed by atoms with Crippen LogP contribution in [-0.4, -0.2) is 24.7 Å². The molecule has 33 heavy (non-hydrogen) atoms. The zero-order valence-electron chi connectivity index (χ0n) is 16.9. The Morgan fingerprint density at radius 2 is 1.76 bits per heavy atom. The molecule has 5 rings (SSSR count). The summed E-state index contributed by atoms with van der Waals surface area (Å²) in [6.07, 6.45) is -4.68. The molecule has 0 saturated carbocycles. The summed E-state index contributed by atoms with van der Waals surface area (Å²) >= 11 is 5.89. The van der Waals surface area contributed by atoms with Gasteiger partial charge in [-0.3, -0.25) is 0 Å². The van der Waals surface area contributed by atoms with Gasteiger partial charge < -0.3 is 10.3 Å². The molecule has 0 bridgehead atoms. The molecule has 0 radical (unpaired) electrons. The van der Waals surface area contributed by atoms with Crippen LogP contribution in [0.15, 0.2) is 59.1 Å². The number of nitrogens with zero attached hydrogens (tertiary/aromatic N) is 5. The van der Waals surface area contributed by atoms with Gasteiger partial charge in [0, 0.05) is 27.9 Å². The molecule has 3 aromatic heterocycles. The Kier molecular flexibility index (Phi) is 4.82. The largest absolute Gasteiger partial charge is 0.433 e. The zero-order valence-corrected chi connectivity index (χ0v) is 17.7. The molecule has 0 spiro atoms. The van der Waals surface area contributed by atoms with E-state index in [0.717, 1.165) is 11.6 Å². The summed E-state index contributed by atoms with van der Waals surface area (Å²) in [5.41, 5.74) is 7.54. The van der Waals surface area contributed by atoms with Crippen molar-refractivity contribution in [3.8, 4) is 34.2 Å². The Balaban J connectivity index is 1.63. The van der Waals surface area contributed by atoms with E-state index in [0.29, 0.717) is 26.4 Å². The zero-order chi connectivity index (χ0) is 23.3. The summed E-state index contributed by atoms with van der Waals surface area (Å²) in [5.74, 6) is 0.205. The minimum Gasteiger partial charge on any atom is -0.398 e. The van der Waals surface area contributed by atoms with Gasteiger partial charge in [-0.2, -0.15) is 23.3 Å². The molecule has 2 aromatic carbocycles. The van der Waals surface area contributed by atoms with Gasteiger partial charge in [-0.05, 0) is 36.8 Å². The number of alkyl halides is 3. The predicted octanol–water partition coefficient (Wildman–Crippen LogP) is 5.68. The normalized spacial score (nSPS) is 11.9. The molecule has 0 aliphatic rings. The second-order valence-corrected chi connectivity index (χ2v) is 7.71. The monoisotopic (exact) mass is 470 g/mol. The maximum Gasteiger partial charge on any atom is 0.433 e. The number of fused-ring (bicyclic) bond motifs is 1. The van der Waals surface area contributed by atoms with Crippen molar-refractivity contribution in [1.82, 2.24) is 24.7 Å². The number of nitrogens with two attached hydrogens (primary N) is 1. The summed E-state index contributed by atoms with van der Waals surface area (Å²) < 4.78 is 47.5. The number of halogens is 4. The van der Waals surface area contributed by atoms with Crippen molar-refractivity contribution in [2.75, 3.05) is 5.73 Å². The first-order valence-electron chi connectivity index (χ1n) is 9.64. The minimum atomic E-state index is -4.68. The lowest BCUT2D eigenvalue weighted by molar-refractivity contribution is -0.142. The second-order valence-electron chi connectivity index (χ2n) is 7.27. The van der Waals surface area contributed by atoms with Crippen molar-refractivity contribution in [1.29, 1.82) is 0 Å². The third kappa shape index (κ3) is 3.78. The quantitative estimate of drug-likeness (QED) is 0.341. The molecule has 7 nitrogen and oxygen atoms in total. The van der Waals surface area contributed by atoms with Gasteiger partial charge in [-0.1, -0.05) is 41.0 Å². The first-order chi connectivity index (χ1) is 15.7. The lowest BCUT2D eigenvalue weighted by Crippen LogP contribution is -2.13.